The minimum atomic E-state index is -0.158. The van der Waals surface area contributed by atoms with Gasteiger partial charge in [0.2, 0.25) is 0 Å². The summed E-state index contributed by atoms with van der Waals surface area (Å²) in [6, 6.07) is 0. The molecule has 0 amide bonds. The molecule has 2 unspecified atom stereocenters. The number of fused-ring (bicyclic) bond motifs is 5. The van der Waals surface area contributed by atoms with Gasteiger partial charge in [-0.05, 0) is 67.6 Å². The zero-order valence-corrected chi connectivity index (χ0v) is 18.8. The number of ether oxygens (including phenoxy) is 2. The third kappa shape index (κ3) is 3.35. The molecule has 29 heavy (non-hydrogen) atoms. The Bertz CT molecular complexity index is 712. The Morgan fingerprint density at radius 2 is 1.83 bits per heavy atom. The molecule has 8 atom stereocenters. The summed E-state index contributed by atoms with van der Waals surface area (Å²) in [5.41, 5.74) is 1.88. The molecule has 0 aromatic rings. The number of allylic oxidation sites excluding steroid dienone is 1. The van der Waals surface area contributed by atoms with Crippen LogP contribution in [0.3, 0.4) is 0 Å². The number of esters is 2. The standard InChI is InChI=1S/C25H38O4/c1-6-17-13-22(29-16(3)27)25(5)12-10-21-20(23(17)25)8-7-18-14-19(28-15(2)26)9-11-24(18,21)4/h7,17,19-23H,6,8-14H2,1-5H3/t17-,19?,20+,21-,22?,23-,24-,25+/m0/s1. The summed E-state index contributed by atoms with van der Waals surface area (Å²) in [4.78, 5) is 23.2. The van der Waals surface area contributed by atoms with E-state index in [1.54, 1.807) is 6.92 Å². The highest BCUT2D eigenvalue weighted by atomic mass is 16.5. The molecule has 0 aliphatic heterocycles. The predicted molar refractivity (Wildman–Crippen MR) is 112 cm³/mol. The van der Waals surface area contributed by atoms with Crippen LogP contribution in [0.15, 0.2) is 11.6 Å². The Morgan fingerprint density at radius 1 is 1.10 bits per heavy atom. The van der Waals surface area contributed by atoms with Gasteiger partial charge in [-0.1, -0.05) is 38.8 Å². The van der Waals surface area contributed by atoms with E-state index in [0.29, 0.717) is 23.7 Å². The lowest BCUT2D eigenvalue weighted by molar-refractivity contribution is -0.157. The number of rotatable bonds is 3. The first-order chi connectivity index (χ1) is 13.7. The highest BCUT2D eigenvalue weighted by Gasteiger charge is 2.62. The van der Waals surface area contributed by atoms with Crippen LogP contribution in [-0.4, -0.2) is 24.1 Å². The molecule has 0 heterocycles. The van der Waals surface area contributed by atoms with Crippen LogP contribution in [0.4, 0.5) is 0 Å². The fourth-order valence-corrected chi connectivity index (χ4v) is 8.00. The molecule has 0 aromatic carbocycles. The van der Waals surface area contributed by atoms with Gasteiger partial charge in [-0.15, -0.1) is 0 Å². The highest BCUT2D eigenvalue weighted by molar-refractivity contribution is 5.66. The van der Waals surface area contributed by atoms with Gasteiger partial charge < -0.3 is 9.47 Å². The minimum Gasteiger partial charge on any atom is -0.462 e. The Morgan fingerprint density at radius 3 is 2.48 bits per heavy atom. The summed E-state index contributed by atoms with van der Waals surface area (Å²) < 4.78 is 11.4. The third-order valence-electron chi connectivity index (χ3n) is 9.28. The van der Waals surface area contributed by atoms with Crippen molar-refractivity contribution < 1.29 is 19.1 Å². The molecular formula is C25H38O4. The van der Waals surface area contributed by atoms with E-state index >= 15 is 0 Å². The quantitative estimate of drug-likeness (QED) is 0.465. The average Bonchev–Trinajstić information content (AvgIpc) is 2.93. The van der Waals surface area contributed by atoms with Gasteiger partial charge in [-0.25, -0.2) is 0 Å². The van der Waals surface area contributed by atoms with Crippen molar-refractivity contribution in [3.8, 4) is 0 Å². The minimum absolute atomic E-state index is 0.0560. The fourth-order valence-electron chi connectivity index (χ4n) is 8.00. The van der Waals surface area contributed by atoms with Crippen LogP contribution in [0.25, 0.3) is 0 Å². The Hall–Kier alpha value is -1.32. The van der Waals surface area contributed by atoms with Gasteiger partial charge in [0.1, 0.15) is 12.2 Å². The van der Waals surface area contributed by atoms with Crippen LogP contribution in [0.5, 0.6) is 0 Å². The van der Waals surface area contributed by atoms with Crippen molar-refractivity contribution in [2.75, 3.05) is 0 Å². The molecule has 3 saturated carbocycles. The number of hydrogen-bond acceptors (Lipinski definition) is 4. The molecule has 4 nitrogen and oxygen atoms in total. The van der Waals surface area contributed by atoms with Crippen LogP contribution < -0.4 is 0 Å². The van der Waals surface area contributed by atoms with E-state index < -0.39 is 0 Å². The zero-order valence-electron chi connectivity index (χ0n) is 18.8. The maximum absolute atomic E-state index is 11.8. The lowest BCUT2D eigenvalue weighted by Gasteiger charge is -2.58. The molecule has 0 bridgehead atoms. The largest absolute Gasteiger partial charge is 0.462 e. The van der Waals surface area contributed by atoms with Gasteiger partial charge >= 0.3 is 11.9 Å². The lowest BCUT2D eigenvalue weighted by Crippen LogP contribution is -2.52. The normalized spacial score (nSPS) is 46.0. The summed E-state index contributed by atoms with van der Waals surface area (Å²) in [7, 11) is 0. The van der Waals surface area contributed by atoms with Crippen molar-refractivity contribution in [2.24, 2.45) is 34.5 Å². The molecule has 0 N–H and O–H groups in total. The van der Waals surface area contributed by atoms with Crippen molar-refractivity contribution in [2.45, 2.75) is 98.2 Å². The van der Waals surface area contributed by atoms with E-state index in [2.05, 4.69) is 26.8 Å². The van der Waals surface area contributed by atoms with Gasteiger partial charge in [-0.3, -0.25) is 9.59 Å². The SMILES string of the molecule is CC[C@H]1CC(OC(C)=O)[C@@]2(C)CC[C@H]3[C@@H](CC=C4CC(OC(C)=O)CC[C@@]43C)[C@H]12. The second-order valence-electron chi connectivity index (χ2n) is 10.7. The topological polar surface area (TPSA) is 52.6 Å². The van der Waals surface area contributed by atoms with E-state index in [-0.39, 0.29) is 35.0 Å². The molecule has 4 aliphatic rings. The maximum atomic E-state index is 11.8. The fraction of sp³-hybridized carbons (Fsp3) is 0.840. The van der Waals surface area contributed by atoms with Crippen LogP contribution in [0.2, 0.25) is 0 Å². The molecule has 4 aliphatic carbocycles. The third-order valence-corrected chi connectivity index (χ3v) is 9.28. The average molecular weight is 403 g/mol. The smallest absolute Gasteiger partial charge is 0.302 e. The summed E-state index contributed by atoms with van der Waals surface area (Å²) in [5, 5.41) is 0. The molecule has 162 valence electrons. The number of hydrogen-bond donors (Lipinski definition) is 0. The first kappa shape index (κ1) is 20.9. The molecule has 0 saturated heterocycles. The van der Waals surface area contributed by atoms with Crippen LogP contribution in [0.1, 0.15) is 86.0 Å². The van der Waals surface area contributed by atoms with Gasteiger partial charge in [0.05, 0.1) is 0 Å². The molecular weight excluding hydrogens is 364 g/mol. The van der Waals surface area contributed by atoms with Gasteiger partial charge in [0.15, 0.2) is 0 Å². The maximum Gasteiger partial charge on any atom is 0.302 e. The van der Waals surface area contributed by atoms with Crippen molar-refractivity contribution in [3.63, 3.8) is 0 Å². The van der Waals surface area contributed by atoms with Crippen molar-refractivity contribution in [3.05, 3.63) is 11.6 Å². The van der Waals surface area contributed by atoms with E-state index in [4.69, 9.17) is 9.47 Å². The van der Waals surface area contributed by atoms with E-state index in [1.165, 1.54) is 25.3 Å². The van der Waals surface area contributed by atoms with Crippen molar-refractivity contribution in [1.29, 1.82) is 0 Å². The van der Waals surface area contributed by atoms with E-state index in [1.807, 2.05) is 0 Å². The lowest BCUT2D eigenvalue weighted by atomic mass is 9.47. The monoisotopic (exact) mass is 402 g/mol. The Labute approximate surface area is 175 Å². The zero-order chi connectivity index (χ0) is 21.0. The molecule has 0 spiro atoms. The second-order valence-corrected chi connectivity index (χ2v) is 10.7. The Kier molecular flexibility index (Phi) is 5.36. The van der Waals surface area contributed by atoms with Gasteiger partial charge in [0.25, 0.3) is 0 Å². The Balaban J connectivity index is 1.61. The summed E-state index contributed by atoms with van der Waals surface area (Å²) in [6.45, 7) is 10.3. The highest BCUT2D eigenvalue weighted by Crippen LogP contribution is 2.67. The van der Waals surface area contributed by atoms with Crippen LogP contribution in [0, 0.1) is 34.5 Å². The van der Waals surface area contributed by atoms with Gasteiger partial charge in [-0.2, -0.15) is 0 Å². The van der Waals surface area contributed by atoms with Crippen molar-refractivity contribution in [1.82, 2.24) is 0 Å². The van der Waals surface area contributed by atoms with E-state index in [9.17, 15) is 9.59 Å². The number of carbonyl (C=O) groups excluding carboxylic acids is 2. The summed E-state index contributed by atoms with van der Waals surface area (Å²) in [6.07, 6.45) is 11.3. The number of carbonyl (C=O) groups is 2. The van der Waals surface area contributed by atoms with E-state index in [0.717, 1.165) is 38.5 Å². The van der Waals surface area contributed by atoms with Crippen molar-refractivity contribution >= 4 is 11.9 Å². The second kappa shape index (κ2) is 7.42. The molecule has 0 aromatic heterocycles. The first-order valence-electron chi connectivity index (χ1n) is 11.7. The molecule has 4 rings (SSSR count). The first-order valence-corrected chi connectivity index (χ1v) is 11.7. The summed E-state index contributed by atoms with van der Waals surface area (Å²) in [5.74, 6) is 2.37. The molecule has 0 radical (unpaired) electrons. The molecule has 4 heteroatoms. The van der Waals surface area contributed by atoms with Crippen LogP contribution >= 0.6 is 0 Å². The van der Waals surface area contributed by atoms with Crippen LogP contribution in [-0.2, 0) is 19.1 Å². The summed E-state index contributed by atoms with van der Waals surface area (Å²) >= 11 is 0. The van der Waals surface area contributed by atoms with Gasteiger partial charge in [0, 0.05) is 25.7 Å². The predicted octanol–water partition coefficient (Wildman–Crippen LogP) is 5.45. The molecule has 3 fully saturated rings.